The molecule has 2 heterocycles. The summed E-state index contributed by atoms with van der Waals surface area (Å²) in [6, 6.07) is 8.81. The van der Waals surface area contributed by atoms with Crippen LogP contribution < -0.4 is 10.1 Å². The van der Waals surface area contributed by atoms with Crippen LogP contribution in [-0.4, -0.2) is 28.2 Å². The van der Waals surface area contributed by atoms with E-state index in [1.165, 1.54) is 41.8 Å². The Morgan fingerprint density at radius 1 is 1.17 bits per heavy atom. The van der Waals surface area contributed by atoms with E-state index in [2.05, 4.69) is 20.0 Å². The number of aromatic nitrogens is 2. The van der Waals surface area contributed by atoms with Crippen molar-refractivity contribution in [3.8, 4) is 17.0 Å². The van der Waals surface area contributed by atoms with Crippen LogP contribution in [0, 0.1) is 6.92 Å². The van der Waals surface area contributed by atoms with Gasteiger partial charge in [-0.15, -0.1) is 11.3 Å². The molecular weight excluding hydrogens is 430 g/mol. The molecular formula is C18H13F4N3O2S2. The monoisotopic (exact) mass is 443 g/mol. The summed E-state index contributed by atoms with van der Waals surface area (Å²) in [5.41, 5.74) is 1.22. The minimum absolute atomic E-state index is 0.0145. The number of halogens is 4. The van der Waals surface area contributed by atoms with Crippen LogP contribution in [0.2, 0.25) is 0 Å². The van der Waals surface area contributed by atoms with Gasteiger partial charge in [0.05, 0.1) is 11.3 Å². The van der Waals surface area contributed by atoms with Gasteiger partial charge in [0.1, 0.15) is 10.8 Å². The van der Waals surface area contributed by atoms with Gasteiger partial charge in [0.25, 0.3) is 11.7 Å². The molecule has 0 bridgehead atoms. The second kappa shape index (κ2) is 9.23. The quantitative estimate of drug-likeness (QED) is 0.376. The molecule has 152 valence electrons. The Morgan fingerprint density at radius 3 is 2.55 bits per heavy atom. The Labute approximate surface area is 171 Å². The normalized spacial score (nSPS) is 11.1. The van der Waals surface area contributed by atoms with E-state index in [4.69, 9.17) is 0 Å². The van der Waals surface area contributed by atoms with E-state index in [0.717, 1.165) is 4.88 Å². The largest absolute Gasteiger partial charge is 0.435 e. The van der Waals surface area contributed by atoms with Crippen molar-refractivity contribution in [1.29, 1.82) is 0 Å². The molecule has 2 aromatic heterocycles. The number of alkyl halides is 4. The smallest absolute Gasteiger partial charge is 0.387 e. The van der Waals surface area contributed by atoms with E-state index in [1.54, 1.807) is 19.1 Å². The topological polar surface area (TPSA) is 64.1 Å². The van der Waals surface area contributed by atoms with Gasteiger partial charge in [-0.3, -0.25) is 10.1 Å². The predicted octanol–water partition coefficient (Wildman–Crippen LogP) is 5.68. The van der Waals surface area contributed by atoms with Crippen LogP contribution in [0.5, 0.6) is 5.75 Å². The van der Waals surface area contributed by atoms with Gasteiger partial charge in [-0.1, -0.05) is 0 Å². The number of thiazole rings is 1. The summed E-state index contributed by atoms with van der Waals surface area (Å²) < 4.78 is 54.1. The van der Waals surface area contributed by atoms with Crippen LogP contribution in [0.25, 0.3) is 11.3 Å². The number of anilines is 1. The number of amides is 1. The number of nitrogens with one attached hydrogen (secondary N) is 1. The lowest BCUT2D eigenvalue weighted by Crippen LogP contribution is -2.13. The van der Waals surface area contributed by atoms with Crippen LogP contribution in [0.4, 0.5) is 22.7 Å². The van der Waals surface area contributed by atoms with Gasteiger partial charge in [0.15, 0.2) is 5.13 Å². The van der Waals surface area contributed by atoms with Crippen molar-refractivity contribution in [3.63, 3.8) is 0 Å². The van der Waals surface area contributed by atoms with E-state index in [0.29, 0.717) is 11.3 Å². The van der Waals surface area contributed by atoms with E-state index < -0.39 is 18.3 Å². The van der Waals surface area contributed by atoms with Crippen LogP contribution in [0.3, 0.4) is 0 Å². The van der Waals surface area contributed by atoms with Gasteiger partial charge in [0.2, 0.25) is 0 Å². The number of nitrogens with zero attached hydrogens (tertiary/aromatic N) is 2. The van der Waals surface area contributed by atoms with Crippen molar-refractivity contribution in [1.82, 2.24) is 9.97 Å². The Bertz CT molecular complexity index is 997. The van der Waals surface area contributed by atoms with Gasteiger partial charge in [-0.05, 0) is 55.1 Å². The zero-order valence-corrected chi connectivity index (χ0v) is 16.4. The summed E-state index contributed by atoms with van der Waals surface area (Å²) in [5.74, 6) is -3.30. The molecule has 0 aliphatic heterocycles. The highest BCUT2D eigenvalue weighted by Gasteiger charge is 2.19. The van der Waals surface area contributed by atoms with Crippen molar-refractivity contribution >= 4 is 34.1 Å². The van der Waals surface area contributed by atoms with Gasteiger partial charge >= 0.3 is 6.61 Å². The highest BCUT2D eigenvalue weighted by molar-refractivity contribution is 7.99. The highest BCUT2D eigenvalue weighted by atomic mass is 32.2. The second-order valence-electron chi connectivity index (χ2n) is 5.52. The molecule has 29 heavy (non-hydrogen) atoms. The van der Waals surface area contributed by atoms with Crippen LogP contribution >= 0.6 is 23.1 Å². The maximum Gasteiger partial charge on any atom is 0.387 e. The van der Waals surface area contributed by atoms with Gasteiger partial charge in [-0.25, -0.2) is 9.97 Å². The first-order valence-corrected chi connectivity index (χ1v) is 9.77. The molecule has 0 saturated heterocycles. The molecule has 0 fully saturated rings. The first-order valence-electron chi connectivity index (χ1n) is 8.07. The summed E-state index contributed by atoms with van der Waals surface area (Å²) in [6.45, 7) is -1.13. The number of carbonyl (C=O) groups excluding carboxylic acids is 1. The molecule has 0 atom stereocenters. The summed E-state index contributed by atoms with van der Waals surface area (Å²) in [5, 5.41) is 2.78. The summed E-state index contributed by atoms with van der Waals surface area (Å²) in [7, 11) is 0. The van der Waals surface area contributed by atoms with E-state index in [9.17, 15) is 22.4 Å². The van der Waals surface area contributed by atoms with Crippen LogP contribution in [0.15, 0.2) is 47.6 Å². The van der Waals surface area contributed by atoms with Crippen molar-refractivity contribution in [2.45, 2.75) is 24.3 Å². The second-order valence-corrected chi connectivity index (χ2v) is 7.70. The average molecular weight is 443 g/mol. The van der Waals surface area contributed by atoms with Crippen LogP contribution in [0.1, 0.15) is 15.2 Å². The van der Waals surface area contributed by atoms with E-state index >= 15 is 0 Å². The number of benzene rings is 1. The molecule has 1 N–H and O–H groups in total. The zero-order valence-electron chi connectivity index (χ0n) is 14.7. The standard InChI is InChI=1S/C18H13F4N3O2S2/c1-9-13(10-4-6-11(7-5-10)27-16(19)20)24-18(28-9)25-14(26)12-3-2-8-23-15(12)29-17(21)22/h2-8,16-17H,1H3,(H,24,25,26). The molecule has 1 amide bonds. The molecule has 0 saturated carbocycles. The fourth-order valence-electron chi connectivity index (χ4n) is 2.42. The number of rotatable bonds is 7. The number of hydrogen-bond donors (Lipinski definition) is 1. The summed E-state index contributed by atoms with van der Waals surface area (Å²) >= 11 is 1.38. The molecule has 11 heteroatoms. The Balaban J connectivity index is 1.78. The molecule has 0 aliphatic carbocycles. The maximum atomic E-state index is 12.7. The van der Waals surface area contributed by atoms with Crippen molar-refractivity contribution in [2.24, 2.45) is 0 Å². The number of thioether (sulfide) groups is 1. The SMILES string of the molecule is Cc1sc(NC(=O)c2cccnc2SC(F)F)nc1-c1ccc(OC(F)F)cc1. The lowest BCUT2D eigenvalue weighted by molar-refractivity contribution is -0.0498. The molecule has 3 aromatic rings. The first-order chi connectivity index (χ1) is 13.8. The number of aryl methyl sites for hydroxylation is 1. The number of hydrogen-bond acceptors (Lipinski definition) is 6. The average Bonchev–Trinajstić information content (AvgIpc) is 3.02. The fraction of sp³-hybridized carbons (Fsp3) is 0.167. The molecule has 0 unspecified atom stereocenters. The van der Waals surface area contributed by atoms with Crippen molar-refractivity contribution in [3.05, 3.63) is 53.0 Å². The zero-order chi connectivity index (χ0) is 21.0. The lowest BCUT2D eigenvalue weighted by Gasteiger charge is -2.06. The highest BCUT2D eigenvalue weighted by Crippen LogP contribution is 2.32. The summed E-state index contributed by atoms with van der Waals surface area (Å²) in [6.07, 6.45) is 1.33. The van der Waals surface area contributed by atoms with Gasteiger partial charge in [-0.2, -0.15) is 17.6 Å². The Morgan fingerprint density at radius 2 is 1.90 bits per heavy atom. The van der Waals surface area contributed by atoms with E-state index in [-0.39, 0.29) is 33.2 Å². The third-order valence-corrected chi connectivity index (χ3v) is 5.20. The van der Waals surface area contributed by atoms with E-state index in [1.807, 2.05) is 0 Å². The van der Waals surface area contributed by atoms with Crippen molar-refractivity contribution in [2.75, 3.05) is 5.32 Å². The van der Waals surface area contributed by atoms with Crippen LogP contribution in [-0.2, 0) is 0 Å². The molecule has 0 aliphatic rings. The fourth-order valence-corrected chi connectivity index (χ4v) is 3.83. The van der Waals surface area contributed by atoms with Gasteiger partial charge in [0, 0.05) is 16.6 Å². The Hall–Kier alpha value is -2.66. The third-order valence-electron chi connectivity index (χ3n) is 3.59. The third kappa shape index (κ3) is 5.45. The molecule has 5 nitrogen and oxygen atoms in total. The minimum Gasteiger partial charge on any atom is -0.435 e. The molecule has 0 radical (unpaired) electrons. The van der Waals surface area contributed by atoms with Crippen molar-refractivity contribution < 1.29 is 27.1 Å². The number of ether oxygens (including phenoxy) is 1. The molecule has 0 spiro atoms. The number of carbonyl (C=O) groups is 1. The minimum atomic E-state index is -2.91. The number of pyridine rings is 1. The maximum absolute atomic E-state index is 12.7. The first kappa shape index (κ1) is 21.1. The molecule has 3 rings (SSSR count). The lowest BCUT2D eigenvalue weighted by atomic mass is 10.1. The predicted molar refractivity (Wildman–Crippen MR) is 103 cm³/mol. The van der Waals surface area contributed by atoms with Gasteiger partial charge < -0.3 is 4.74 Å². The summed E-state index contributed by atoms with van der Waals surface area (Å²) in [4.78, 5) is 21.4. The Kier molecular flexibility index (Phi) is 6.70. The molecule has 1 aromatic carbocycles.